The molecule has 0 fully saturated rings. The molecule has 8 aromatic carbocycles. The molecule has 11 aromatic rings. The van der Waals surface area contributed by atoms with E-state index in [-0.39, 0.29) is 0 Å². The van der Waals surface area contributed by atoms with E-state index >= 15 is 0 Å². The lowest BCUT2D eigenvalue weighted by Crippen LogP contribution is -2.04. The van der Waals surface area contributed by atoms with Gasteiger partial charge in [-0.2, -0.15) is 0 Å². The van der Waals surface area contributed by atoms with Crippen LogP contribution in [0.2, 0.25) is 0 Å². The van der Waals surface area contributed by atoms with Gasteiger partial charge in [0.15, 0.2) is 0 Å². The lowest BCUT2D eigenvalue weighted by molar-refractivity contribution is 0.669. The van der Waals surface area contributed by atoms with Crippen LogP contribution in [0.5, 0.6) is 0 Å². The molecule has 0 atom stereocenters. The molecule has 0 aliphatic heterocycles. The molecule has 3 heterocycles. The van der Waals surface area contributed by atoms with Crippen LogP contribution in [0.4, 0.5) is 0 Å². The van der Waals surface area contributed by atoms with Gasteiger partial charge in [-0.25, -0.2) is 9.97 Å². The minimum atomic E-state index is 0.639. The fourth-order valence-corrected chi connectivity index (χ4v) is 7.89. The van der Waals surface area contributed by atoms with Gasteiger partial charge in [0.1, 0.15) is 11.2 Å². The quantitative estimate of drug-likeness (QED) is 0.181. The summed E-state index contributed by atoms with van der Waals surface area (Å²) >= 11 is 0. The topological polar surface area (TPSA) is 43.9 Å². The van der Waals surface area contributed by atoms with Gasteiger partial charge in [0.25, 0.3) is 0 Å². The number of nitrogens with zero attached hydrogens (tertiary/aromatic N) is 3. The number of fused-ring (bicyclic) bond motifs is 12. The van der Waals surface area contributed by atoms with Gasteiger partial charge in [0.05, 0.1) is 22.4 Å². The van der Waals surface area contributed by atoms with E-state index in [9.17, 15) is 0 Å². The Morgan fingerprint density at radius 3 is 1.54 bits per heavy atom. The molecule has 0 saturated heterocycles. The van der Waals surface area contributed by atoms with Crippen LogP contribution in [0.15, 0.2) is 168 Å². The van der Waals surface area contributed by atoms with Gasteiger partial charge in [-0.3, -0.25) is 4.57 Å². The minimum Gasteiger partial charge on any atom is -0.456 e. The highest BCUT2D eigenvalue weighted by Crippen LogP contribution is 2.43. The van der Waals surface area contributed by atoms with E-state index in [2.05, 4.69) is 144 Å². The second-order valence-corrected chi connectivity index (χ2v) is 13.0. The SMILES string of the molecule is c1ccc(-c2cc(-c3ccccc3)nc(-n3c4ccccc4c4cc5c6ccccc6c6cc7c(cc6c5cc43)oc3ccccc37)n2)cc1. The first-order valence-corrected chi connectivity index (χ1v) is 16.9. The Bertz CT molecular complexity index is 3080. The van der Waals surface area contributed by atoms with E-state index in [0.29, 0.717) is 5.95 Å². The molecule has 4 nitrogen and oxygen atoms in total. The third kappa shape index (κ3) is 3.93. The highest BCUT2D eigenvalue weighted by atomic mass is 16.3. The first-order valence-electron chi connectivity index (χ1n) is 16.9. The van der Waals surface area contributed by atoms with Gasteiger partial charge in [-0.15, -0.1) is 0 Å². The average Bonchev–Trinajstić information content (AvgIpc) is 3.72. The van der Waals surface area contributed by atoms with E-state index in [4.69, 9.17) is 14.4 Å². The van der Waals surface area contributed by atoms with Crippen LogP contribution >= 0.6 is 0 Å². The van der Waals surface area contributed by atoms with Crippen LogP contribution in [0.25, 0.3) is 105 Å². The largest absolute Gasteiger partial charge is 0.456 e. The summed E-state index contributed by atoms with van der Waals surface area (Å²) in [7, 11) is 0. The molecular formula is C46H27N3O. The predicted octanol–water partition coefficient (Wildman–Crippen LogP) is 12.3. The van der Waals surface area contributed by atoms with Crippen molar-refractivity contribution in [3.05, 3.63) is 164 Å². The molecule has 0 saturated carbocycles. The Morgan fingerprint density at radius 1 is 0.340 bits per heavy atom. The van der Waals surface area contributed by atoms with Gasteiger partial charge in [-0.05, 0) is 74.8 Å². The van der Waals surface area contributed by atoms with Crippen LogP contribution in [0.1, 0.15) is 0 Å². The molecule has 50 heavy (non-hydrogen) atoms. The van der Waals surface area contributed by atoms with E-state index in [1.165, 1.54) is 26.9 Å². The molecule has 11 rings (SSSR count). The highest BCUT2D eigenvalue weighted by Gasteiger charge is 2.20. The molecule has 0 N–H and O–H groups in total. The van der Waals surface area contributed by atoms with Crippen LogP contribution < -0.4 is 0 Å². The lowest BCUT2D eigenvalue weighted by atomic mass is 9.92. The van der Waals surface area contributed by atoms with Crippen molar-refractivity contribution in [2.45, 2.75) is 0 Å². The summed E-state index contributed by atoms with van der Waals surface area (Å²) in [5.74, 6) is 0.639. The predicted molar refractivity (Wildman–Crippen MR) is 207 cm³/mol. The number of hydrogen-bond donors (Lipinski definition) is 0. The molecule has 0 bridgehead atoms. The molecule has 4 heteroatoms. The minimum absolute atomic E-state index is 0.639. The van der Waals surface area contributed by atoms with Gasteiger partial charge >= 0.3 is 0 Å². The fourth-order valence-electron chi connectivity index (χ4n) is 7.89. The molecule has 0 aliphatic carbocycles. The zero-order valence-electron chi connectivity index (χ0n) is 26.8. The normalized spacial score (nSPS) is 12.0. The van der Waals surface area contributed by atoms with E-state index < -0.39 is 0 Å². The molecule has 0 radical (unpaired) electrons. The molecule has 0 aliphatic rings. The molecular weight excluding hydrogens is 611 g/mol. The number of rotatable bonds is 3. The van der Waals surface area contributed by atoms with Gasteiger partial charge in [0.2, 0.25) is 5.95 Å². The average molecular weight is 638 g/mol. The third-order valence-corrected chi connectivity index (χ3v) is 10.2. The van der Waals surface area contributed by atoms with Crippen LogP contribution in [0.3, 0.4) is 0 Å². The van der Waals surface area contributed by atoms with Crippen molar-refractivity contribution in [2.24, 2.45) is 0 Å². The maximum absolute atomic E-state index is 6.44. The lowest BCUT2D eigenvalue weighted by Gasteiger charge is -2.13. The number of aromatic nitrogens is 3. The monoisotopic (exact) mass is 637 g/mol. The van der Waals surface area contributed by atoms with Crippen molar-refractivity contribution >= 4 is 76.1 Å². The standard InChI is InChI=1S/C46H27N3O/c1-3-13-28(14-4-1)40-27-41(29-15-5-2-6-16-29)48-46(47-40)49-42-21-11-9-19-32(42)38-23-34-30-17-7-8-18-31(30)35-24-39-33-20-10-12-22-44(33)50-45(39)26-37(35)36(34)25-43(38)49/h1-27H. The van der Waals surface area contributed by atoms with Crippen LogP contribution in [0, 0.1) is 0 Å². The molecule has 0 spiro atoms. The zero-order chi connectivity index (χ0) is 32.8. The molecule has 232 valence electrons. The molecule has 0 unspecified atom stereocenters. The van der Waals surface area contributed by atoms with Crippen molar-refractivity contribution < 1.29 is 4.42 Å². The summed E-state index contributed by atoms with van der Waals surface area (Å²) in [6, 6.07) is 57.7. The summed E-state index contributed by atoms with van der Waals surface area (Å²) in [5, 5.41) is 11.8. The number of furan rings is 1. The van der Waals surface area contributed by atoms with E-state index in [1.807, 2.05) is 24.3 Å². The smallest absolute Gasteiger partial charge is 0.235 e. The number of para-hydroxylation sites is 2. The maximum atomic E-state index is 6.44. The second-order valence-electron chi connectivity index (χ2n) is 13.0. The molecule has 3 aromatic heterocycles. The fraction of sp³-hybridized carbons (Fsp3) is 0. The Morgan fingerprint density at radius 2 is 0.860 bits per heavy atom. The Labute approximate surface area is 286 Å². The number of hydrogen-bond acceptors (Lipinski definition) is 3. The van der Waals surface area contributed by atoms with Gasteiger partial charge in [-0.1, -0.05) is 121 Å². The van der Waals surface area contributed by atoms with Gasteiger partial charge < -0.3 is 4.42 Å². The van der Waals surface area contributed by atoms with Crippen molar-refractivity contribution in [2.75, 3.05) is 0 Å². The summed E-state index contributed by atoms with van der Waals surface area (Å²) < 4.78 is 8.68. The summed E-state index contributed by atoms with van der Waals surface area (Å²) in [6.45, 7) is 0. The van der Waals surface area contributed by atoms with Crippen molar-refractivity contribution in [1.29, 1.82) is 0 Å². The first-order chi connectivity index (χ1) is 24.8. The third-order valence-electron chi connectivity index (χ3n) is 10.2. The van der Waals surface area contributed by atoms with Crippen LogP contribution in [-0.4, -0.2) is 14.5 Å². The molecule has 0 amide bonds. The Kier molecular flexibility index (Phi) is 5.63. The highest BCUT2D eigenvalue weighted by molar-refractivity contribution is 6.31. The van der Waals surface area contributed by atoms with Gasteiger partial charge in [0, 0.05) is 32.7 Å². The van der Waals surface area contributed by atoms with Crippen molar-refractivity contribution in [3.8, 4) is 28.5 Å². The maximum Gasteiger partial charge on any atom is 0.235 e. The van der Waals surface area contributed by atoms with Crippen molar-refractivity contribution in [3.63, 3.8) is 0 Å². The van der Waals surface area contributed by atoms with Crippen LogP contribution in [-0.2, 0) is 0 Å². The Hall–Kier alpha value is -6.78. The zero-order valence-corrected chi connectivity index (χ0v) is 26.8. The van der Waals surface area contributed by atoms with E-state index in [1.54, 1.807) is 0 Å². The number of benzene rings is 8. The van der Waals surface area contributed by atoms with E-state index in [0.717, 1.165) is 71.6 Å². The van der Waals surface area contributed by atoms with Crippen molar-refractivity contribution in [1.82, 2.24) is 14.5 Å². The first kappa shape index (κ1) is 27.2. The summed E-state index contributed by atoms with van der Waals surface area (Å²) in [4.78, 5) is 10.5. The summed E-state index contributed by atoms with van der Waals surface area (Å²) in [6.07, 6.45) is 0. The summed E-state index contributed by atoms with van der Waals surface area (Å²) in [5.41, 5.74) is 7.77. The second kappa shape index (κ2) is 10.4. The Balaban J connectivity index is 1.29.